The van der Waals surface area contributed by atoms with Crippen molar-refractivity contribution < 1.29 is 34.0 Å². The zero-order chi connectivity index (χ0) is 34.2. The first-order valence-electron chi connectivity index (χ1n) is 15.5. The van der Waals surface area contributed by atoms with E-state index in [0.29, 0.717) is 42.8 Å². The molecule has 13 nitrogen and oxygen atoms in total. The highest BCUT2D eigenvalue weighted by atomic mass is 16.6. The summed E-state index contributed by atoms with van der Waals surface area (Å²) in [6.45, 7) is 13.5. The van der Waals surface area contributed by atoms with Gasteiger partial charge >= 0.3 is 0 Å². The molecule has 2 heterocycles. The maximum atomic E-state index is 13.3. The Kier molecular flexibility index (Phi) is 11.6. The Bertz CT molecular complexity index is 1570. The predicted molar refractivity (Wildman–Crippen MR) is 177 cm³/mol. The van der Waals surface area contributed by atoms with Crippen molar-refractivity contribution in [2.45, 2.75) is 51.0 Å². The first kappa shape index (κ1) is 35.0. The molecule has 0 spiro atoms. The molecule has 1 amide bonds. The van der Waals surface area contributed by atoms with E-state index < -0.39 is 22.6 Å². The minimum Gasteiger partial charge on any atom is -0.496 e. The van der Waals surface area contributed by atoms with Crippen LogP contribution in [-0.2, 0) is 6.42 Å². The van der Waals surface area contributed by atoms with Gasteiger partial charge in [-0.15, -0.1) is 0 Å². The number of hydrogen-bond acceptors (Lipinski definition) is 10. The zero-order valence-corrected chi connectivity index (χ0v) is 27.0. The summed E-state index contributed by atoms with van der Waals surface area (Å²) in [6, 6.07) is 5.28. The Hall–Kier alpha value is -4.91. The SMILES string of the molecule is C=C1CCN(C(=C)c2cc(OC)c(CCCCCCOc3cc([N+](=O)[O-])c(C(=O)N4CC(=C)CC4CO)cc3OC)cc2[N+](=O)[O-])C1. The highest BCUT2D eigenvalue weighted by molar-refractivity contribution is 5.99. The van der Waals surface area contributed by atoms with Crippen LogP contribution in [0, 0.1) is 20.2 Å². The molecule has 1 atom stereocenters. The molecule has 2 aliphatic heterocycles. The summed E-state index contributed by atoms with van der Waals surface area (Å²) < 4.78 is 16.8. The average Bonchev–Trinajstić information content (AvgIpc) is 3.67. The fourth-order valence-corrected chi connectivity index (χ4v) is 6.03. The molecule has 0 aliphatic carbocycles. The van der Waals surface area contributed by atoms with E-state index in [1.165, 1.54) is 24.1 Å². The van der Waals surface area contributed by atoms with Gasteiger partial charge in [-0.3, -0.25) is 25.0 Å². The van der Waals surface area contributed by atoms with Crippen molar-refractivity contribution in [2.75, 3.05) is 47.1 Å². The van der Waals surface area contributed by atoms with Crippen LogP contribution >= 0.6 is 0 Å². The zero-order valence-electron chi connectivity index (χ0n) is 27.0. The molecule has 2 aromatic carbocycles. The molecule has 0 radical (unpaired) electrons. The number of carbonyl (C=O) groups is 1. The van der Waals surface area contributed by atoms with Crippen LogP contribution < -0.4 is 14.2 Å². The first-order chi connectivity index (χ1) is 22.5. The van der Waals surface area contributed by atoms with Crippen LogP contribution in [0.5, 0.6) is 17.2 Å². The number of ether oxygens (including phenoxy) is 3. The summed E-state index contributed by atoms with van der Waals surface area (Å²) in [5, 5.41) is 33.6. The van der Waals surface area contributed by atoms with Gasteiger partial charge in [-0.05, 0) is 38.2 Å². The standard InChI is InChI=1S/C34H42N4O9/c1-22-11-12-35(19-22)24(3)27-16-31(45-4)25(15-29(27)37(41)42)10-8-6-7-9-13-47-33-18-30(38(43)44)28(17-32(33)46-5)34(40)36-20-23(2)14-26(36)21-39/h15-18,26,39H,1-3,6-14,19-21H2,4-5H3. The van der Waals surface area contributed by atoms with Crippen LogP contribution in [0.3, 0.4) is 0 Å². The van der Waals surface area contributed by atoms with Crippen molar-refractivity contribution in [3.8, 4) is 17.2 Å². The van der Waals surface area contributed by atoms with E-state index in [1.54, 1.807) is 19.2 Å². The lowest BCUT2D eigenvalue weighted by atomic mass is 10.00. The van der Waals surface area contributed by atoms with Gasteiger partial charge < -0.3 is 29.1 Å². The number of aryl methyl sites for hydroxylation is 1. The lowest BCUT2D eigenvalue weighted by molar-refractivity contribution is -0.385. The number of amides is 1. The van der Waals surface area contributed by atoms with Gasteiger partial charge in [-0.2, -0.15) is 0 Å². The molecule has 2 fully saturated rings. The minimum atomic E-state index is -0.636. The van der Waals surface area contributed by atoms with Crippen molar-refractivity contribution in [3.05, 3.63) is 92.1 Å². The summed E-state index contributed by atoms with van der Waals surface area (Å²) >= 11 is 0. The number of nitrogens with zero attached hydrogens (tertiary/aromatic N) is 4. The van der Waals surface area contributed by atoms with Crippen LogP contribution in [0.4, 0.5) is 11.4 Å². The molecule has 1 unspecified atom stereocenters. The van der Waals surface area contributed by atoms with E-state index in [-0.39, 0.29) is 47.4 Å². The van der Waals surface area contributed by atoms with Crippen molar-refractivity contribution in [2.24, 2.45) is 0 Å². The summed E-state index contributed by atoms with van der Waals surface area (Å²) in [5.41, 5.74) is 3.01. The third-order valence-electron chi connectivity index (χ3n) is 8.58. The summed E-state index contributed by atoms with van der Waals surface area (Å²) in [6.07, 6.45) is 4.82. The van der Waals surface area contributed by atoms with E-state index in [4.69, 9.17) is 14.2 Å². The number of carbonyl (C=O) groups excluding carboxylic acids is 1. The minimum absolute atomic E-state index is 0.00780. The van der Waals surface area contributed by atoms with Crippen LogP contribution in [0.2, 0.25) is 0 Å². The summed E-state index contributed by atoms with van der Waals surface area (Å²) in [7, 11) is 2.93. The van der Waals surface area contributed by atoms with Gasteiger partial charge in [-0.1, -0.05) is 43.7 Å². The maximum Gasteiger partial charge on any atom is 0.286 e. The Morgan fingerprint density at radius 3 is 2.19 bits per heavy atom. The Balaban J connectivity index is 1.34. The largest absolute Gasteiger partial charge is 0.496 e. The normalized spacial score (nSPS) is 16.0. The fourth-order valence-electron chi connectivity index (χ4n) is 6.03. The first-order valence-corrected chi connectivity index (χ1v) is 15.5. The van der Waals surface area contributed by atoms with Crippen molar-refractivity contribution >= 4 is 23.0 Å². The molecule has 47 heavy (non-hydrogen) atoms. The number of hydrogen-bond donors (Lipinski definition) is 1. The molecule has 2 aromatic rings. The molecule has 2 aliphatic rings. The van der Waals surface area contributed by atoms with Crippen molar-refractivity contribution in [3.63, 3.8) is 0 Å². The smallest absolute Gasteiger partial charge is 0.286 e. The highest BCUT2D eigenvalue weighted by Crippen LogP contribution is 2.38. The van der Waals surface area contributed by atoms with E-state index in [1.807, 2.05) is 4.90 Å². The van der Waals surface area contributed by atoms with E-state index in [9.17, 15) is 30.1 Å². The number of benzene rings is 2. The number of aliphatic hydroxyl groups is 1. The van der Waals surface area contributed by atoms with Crippen molar-refractivity contribution in [1.29, 1.82) is 0 Å². The second-order valence-corrected chi connectivity index (χ2v) is 11.8. The van der Waals surface area contributed by atoms with Crippen LogP contribution in [-0.4, -0.2) is 83.8 Å². The molecular formula is C34H42N4O9. The number of aliphatic hydroxyl groups excluding tert-OH is 1. The number of methoxy groups -OCH3 is 2. The van der Waals surface area contributed by atoms with E-state index >= 15 is 0 Å². The quantitative estimate of drug-likeness (QED) is 0.103. The van der Waals surface area contributed by atoms with Crippen LogP contribution in [0.1, 0.15) is 60.0 Å². The molecule has 1 N–H and O–H groups in total. The van der Waals surface area contributed by atoms with Gasteiger partial charge in [0, 0.05) is 43.0 Å². The van der Waals surface area contributed by atoms with Gasteiger partial charge in [0.05, 0.1) is 55.0 Å². The molecule has 4 rings (SSSR count). The molecular weight excluding hydrogens is 608 g/mol. The third-order valence-corrected chi connectivity index (χ3v) is 8.58. The van der Waals surface area contributed by atoms with Gasteiger partial charge in [0.15, 0.2) is 11.5 Å². The van der Waals surface area contributed by atoms with Gasteiger partial charge in [0.25, 0.3) is 17.3 Å². The molecule has 2 saturated heterocycles. The van der Waals surface area contributed by atoms with Crippen LogP contribution in [0.25, 0.3) is 5.70 Å². The Morgan fingerprint density at radius 1 is 0.915 bits per heavy atom. The second kappa shape index (κ2) is 15.6. The molecule has 0 bridgehead atoms. The molecule has 0 saturated carbocycles. The second-order valence-electron chi connectivity index (χ2n) is 11.8. The Labute approximate surface area is 274 Å². The van der Waals surface area contributed by atoms with Crippen molar-refractivity contribution in [1.82, 2.24) is 9.80 Å². The number of likely N-dealkylation sites (tertiary alicyclic amines) is 2. The number of unbranched alkanes of at least 4 members (excludes halogenated alkanes) is 3. The molecule has 0 aromatic heterocycles. The van der Waals surface area contributed by atoms with E-state index in [0.717, 1.165) is 48.9 Å². The lowest BCUT2D eigenvalue weighted by Gasteiger charge is -2.23. The third kappa shape index (κ3) is 8.09. The van der Waals surface area contributed by atoms with E-state index in [2.05, 4.69) is 19.7 Å². The average molecular weight is 651 g/mol. The number of nitro groups is 2. The fraction of sp³-hybridized carbons (Fsp3) is 0.441. The van der Waals surface area contributed by atoms with Gasteiger partial charge in [0.1, 0.15) is 11.3 Å². The summed E-state index contributed by atoms with van der Waals surface area (Å²) in [4.78, 5) is 39.5. The lowest BCUT2D eigenvalue weighted by Crippen LogP contribution is -2.38. The van der Waals surface area contributed by atoms with Gasteiger partial charge in [-0.25, -0.2) is 0 Å². The predicted octanol–water partition coefficient (Wildman–Crippen LogP) is 5.70. The van der Waals surface area contributed by atoms with Gasteiger partial charge in [0.2, 0.25) is 0 Å². The number of nitro benzene ring substituents is 2. The molecule has 252 valence electrons. The summed E-state index contributed by atoms with van der Waals surface area (Å²) in [5.74, 6) is 0.327. The monoisotopic (exact) mass is 650 g/mol. The van der Waals surface area contributed by atoms with Crippen LogP contribution in [0.15, 0.2) is 55.1 Å². The molecule has 13 heteroatoms. The topological polar surface area (TPSA) is 158 Å². The Morgan fingerprint density at radius 2 is 1.57 bits per heavy atom. The maximum absolute atomic E-state index is 13.3. The highest BCUT2D eigenvalue weighted by Gasteiger charge is 2.35. The number of rotatable bonds is 16.